The van der Waals surface area contributed by atoms with Gasteiger partial charge in [-0.25, -0.2) is 8.42 Å². The summed E-state index contributed by atoms with van der Waals surface area (Å²) >= 11 is 2.36. The molecule has 0 bridgehead atoms. The number of benzene rings is 1. The van der Waals surface area contributed by atoms with E-state index < -0.39 is 9.84 Å². The maximum Gasteiger partial charge on any atom is 0.178 e. The molecule has 1 unspecified atom stereocenters. The zero-order valence-electron chi connectivity index (χ0n) is 18.3. The van der Waals surface area contributed by atoms with Crippen molar-refractivity contribution in [2.45, 2.75) is 57.0 Å². The van der Waals surface area contributed by atoms with E-state index >= 15 is 0 Å². The molecule has 1 aromatic rings. The van der Waals surface area contributed by atoms with Gasteiger partial charge in [0.15, 0.2) is 9.84 Å². The van der Waals surface area contributed by atoms with Gasteiger partial charge in [-0.2, -0.15) is 0 Å². The Balaban J connectivity index is 1.97. The molecule has 30 heavy (non-hydrogen) atoms. The molecule has 0 spiro atoms. The molecule has 0 aliphatic heterocycles. The van der Waals surface area contributed by atoms with E-state index in [9.17, 15) is 8.42 Å². The van der Waals surface area contributed by atoms with Crippen molar-refractivity contribution in [1.29, 1.82) is 0 Å². The minimum Gasteiger partial charge on any atom is -0.359 e. The minimum atomic E-state index is -3.22. The van der Waals surface area contributed by atoms with E-state index in [1.165, 1.54) is 11.1 Å². The lowest BCUT2D eigenvalue weighted by atomic mass is 9.93. The first-order chi connectivity index (χ1) is 14.4. The van der Waals surface area contributed by atoms with E-state index in [2.05, 4.69) is 48.6 Å². The number of hydrogen-bond acceptors (Lipinski definition) is 4. The maximum atomic E-state index is 12.8. The van der Waals surface area contributed by atoms with Crippen molar-refractivity contribution in [2.75, 3.05) is 24.1 Å². The van der Waals surface area contributed by atoms with E-state index in [4.69, 9.17) is 9.47 Å². The Morgan fingerprint density at radius 1 is 1.17 bits per heavy atom. The fourth-order valence-electron chi connectivity index (χ4n) is 4.09. The molecule has 6 heteroatoms. The minimum absolute atomic E-state index is 0.00815. The summed E-state index contributed by atoms with van der Waals surface area (Å²) in [6, 6.07) is 8.84. The molecule has 1 fully saturated rings. The van der Waals surface area contributed by atoms with Gasteiger partial charge in [-0.15, -0.1) is 0 Å². The SMILES string of the molecule is COCOC(/C=C(\C)CI)C/C(C)=C/C[C@H]1CCC[C@@H]1CS(=O)(=O)c1ccccc1. The molecule has 1 aromatic carbocycles. The molecule has 2 rings (SSSR count). The highest BCUT2D eigenvalue weighted by Gasteiger charge is 2.31. The van der Waals surface area contributed by atoms with E-state index in [0.29, 0.717) is 10.8 Å². The predicted molar refractivity (Wildman–Crippen MR) is 132 cm³/mol. The molecule has 168 valence electrons. The van der Waals surface area contributed by atoms with Gasteiger partial charge in [0, 0.05) is 11.5 Å². The molecule has 1 saturated carbocycles. The van der Waals surface area contributed by atoms with Gasteiger partial charge in [-0.1, -0.05) is 70.5 Å². The average Bonchev–Trinajstić information content (AvgIpc) is 3.17. The molecule has 0 heterocycles. The predicted octanol–water partition coefficient (Wildman–Crippen LogP) is 5.97. The Morgan fingerprint density at radius 3 is 2.53 bits per heavy atom. The topological polar surface area (TPSA) is 52.6 Å². The van der Waals surface area contributed by atoms with Gasteiger partial charge in [-0.3, -0.25) is 0 Å². The van der Waals surface area contributed by atoms with Gasteiger partial charge in [0.25, 0.3) is 0 Å². The fourth-order valence-corrected chi connectivity index (χ4v) is 6.11. The molecule has 0 radical (unpaired) electrons. The molecule has 0 saturated heterocycles. The maximum absolute atomic E-state index is 12.8. The first kappa shape index (κ1) is 25.6. The summed E-state index contributed by atoms with van der Waals surface area (Å²) in [4.78, 5) is 0.443. The monoisotopic (exact) mass is 546 g/mol. The van der Waals surface area contributed by atoms with Crippen LogP contribution in [0.3, 0.4) is 0 Å². The third kappa shape index (κ3) is 8.44. The van der Waals surface area contributed by atoms with Crippen LogP contribution >= 0.6 is 22.6 Å². The highest BCUT2D eigenvalue weighted by molar-refractivity contribution is 14.1. The van der Waals surface area contributed by atoms with Gasteiger partial charge in [0.1, 0.15) is 6.79 Å². The molecular weight excluding hydrogens is 511 g/mol. The van der Waals surface area contributed by atoms with Crippen LogP contribution < -0.4 is 0 Å². The molecule has 0 amide bonds. The van der Waals surface area contributed by atoms with Crippen molar-refractivity contribution >= 4 is 32.4 Å². The smallest absolute Gasteiger partial charge is 0.178 e. The van der Waals surface area contributed by atoms with Gasteiger partial charge in [0.2, 0.25) is 0 Å². The first-order valence-corrected chi connectivity index (χ1v) is 13.8. The summed E-state index contributed by atoms with van der Waals surface area (Å²) in [7, 11) is -1.59. The number of rotatable bonds is 12. The summed E-state index contributed by atoms with van der Waals surface area (Å²) in [5, 5.41) is 0. The lowest BCUT2D eigenvalue weighted by Gasteiger charge is -2.19. The lowest BCUT2D eigenvalue weighted by molar-refractivity contribution is -0.0551. The van der Waals surface area contributed by atoms with Crippen molar-refractivity contribution in [3.05, 3.63) is 53.6 Å². The number of alkyl halides is 1. The van der Waals surface area contributed by atoms with Gasteiger partial charge in [0.05, 0.1) is 16.8 Å². The largest absolute Gasteiger partial charge is 0.359 e. The van der Waals surface area contributed by atoms with Gasteiger partial charge in [-0.05, 0) is 63.5 Å². The number of halogens is 1. The van der Waals surface area contributed by atoms with Crippen molar-refractivity contribution in [1.82, 2.24) is 0 Å². The zero-order chi connectivity index (χ0) is 22.0. The highest BCUT2D eigenvalue weighted by atomic mass is 127. The van der Waals surface area contributed by atoms with Crippen molar-refractivity contribution < 1.29 is 17.9 Å². The molecule has 0 N–H and O–H groups in total. The Kier molecular flexibility index (Phi) is 11.1. The summed E-state index contributed by atoms with van der Waals surface area (Å²) in [6.45, 7) is 4.54. The Morgan fingerprint density at radius 2 is 1.87 bits per heavy atom. The van der Waals surface area contributed by atoms with Crippen LogP contribution in [0.1, 0.15) is 46.0 Å². The molecule has 3 atom stereocenters. The normalized spacial score (nSPS) is 21.7. The summed E-state index contributed by atoms with van der Waals surface area (Å²) < 4.78 is 37.5. The average molecular weight is 547 g/mol. The molecular formula is C24H35IO4S. The van der Waals surface area contributed by atoms with Crippen LogP contribution in [0.5, 0.6) is 0 Å². The van der Waals surface area contributed by atoms with E-state index in [0.717, 1.165) is 36.5 Å². The van der Waals surface area contributed by atoms with Crippen LogP contribution in [0.2, 0.25) is 0 Å². The van der Waals surface area contributed by atoms with Crippen LogP contribution in [0.4, 0.5) is 0 Å². The second kappa shape index (κ2) is 13.0. The second-order valence-corrected chi connectivity index (χ2v) is 11.1. The van der Waals surface area contributed by atoms with Crippen molar-refractivity contribution in [3.63, 3.8) is 0 Å². The Bertz CT molecular complexity index is 802. The Labute approximate surface area is 196 Å². The van der Waals surface area contributed by atoms with Crippen LogP contribution in [0, 0.1) is 11.8 Å². The van der Waals surface area contributed by atoms with Gasteiger partial charge >= 0.3 is 0 Å². The number of methoxy groups -OCH3 is 1. The third-order valence-corrected chi connectivity index (χ3v) is 8.79. The van der Waals surface area contributed by atoms with Crippen LogP contribution in [-0.2, 0) is 19.3 Å². The molecule has 4 nitrogen and oxygen atoms in total. The molecule has 1 aliphatic rings. The van der Waals surface area contributed by atoms with Crippen LogP contribution in [-0.4, -0.2) is 38.6 Å². The number of sulfone groups is 1. The van der Waals surface area contributed by atoms with Crippen molar-refractivity contribution in [3.8, 4) is 0 Å². The van der Waals surface area contributed by atoms with E-state index in [1.54, 1.807) is 31.4 Å². The quantitative estimate of drug-likeness (QED) is 0.140. The third-order valence-electron chi connectivity index (χ3n) is 5.73. The van der Waals surface area contributed by atoms with Crippen LogP contribution in [0.25, 0.3) is 0 Å². The number of ether oxygens (including phenoxy) is 2. The van der Waals surface area contributed by atoms with E-state index in [1.807, 2.05) is 6.07 Å². The fraction of sp³-hybridized carbons (Fsp3) is 0.583. The Hall–Kier alpha value is -0.700. The highest BCUT2D eigenvalue weighted by Crippen LogP contribution is 2.36. The van der Waals surface area contributed by atoms with Crippen LogP contribution in [0.15, 0.2) is 58.5 Å². The number of allylic oxidation sites excluding steroid dienone is 2. The van der Waals surface area contributed by atoms with Crippen molar-refractivity contribution in [2.24, 2.45) is 11.8 Å². The molecule has 1 aliphatic carbocycles. The summed E-state index contributed by atoms with van der Waals surface area (Å²) in [5.74, 6) is 0.926. The molecule has 0 aromatic heterocycles. The van der Waals surface area contributed by atoms with E-state index in [-0.39, 0.29) is 24.6 Å². The summed E-state index contributed by atoms with van der Waals surface area (Å²) in [5.41, 5.74) is 2.58. The lowest BCUT2D eigenvalue weighted by Crippen LogP contribution is -2.20. The first-order valence-electron chi connectivity index (χ1n) is 10.6. The number of hydrogen-bond donors (Lipinski definition) is 0. The summed E-state index contributed by atoms with van der Waals surface area (Å²) in [6.07, 6.45) is 9.46. The second-order valence-electron chi connectivity index (χ2n) is 8.29. The standard InChI is InChI=1S/C24H35IO4S/c1-19(14-23(29-18-28-3)15-20(2)16-25)12-13-21-8-7-9-22(21)17-30(26,27)24-10-5-4-6-11-24/h4-6,10-12,15,21-23H,7-9,13-14,16-18H2,1-3H3/b19-12+,20-15+/t21-,22-,23?/m1/s1. The van der Waals surface area contributed by atoms with Gasteiger partial charge < -0.3 is 9.47 Å². The zero-order valence-corrected chi connectivity index (χ0v) is 21.3.